The lowest BCUT2D eigenvalue weighted by molar-refractivity contribution is 0.262. The van der Waals surface area contributed by atoms with Crippen LogP contribution in [-0.4, -0.2) is 16.0 Å². The van der Waals surface area contributed by atoms with E-state index in [2.05, 4.69) is 20.6 Å². The first kappa shape index (κ1) is 19.5. The smallest absolute Gasteiger partial charge is 0.323 e. The molecule has 3 aromatic carbocycles. The van der Waals surface area contributed by atoms with Crippen LogP contribution >= 0.6 is 11.6 Å². The number of rotatable bonds is 4. The van der Waals surface area contributed by atoms with Gasteiger partial charge in [-0.15, -0.1) is 0 Å². The van der Waals surface area contributed by atoms with Gasteiger partial charge in [0.15, 0.2) is 0 Å². The van der Waals surface area contributed by atoms with E-state index in [0.717, 1.165) is 12.1 Å². The van der Waals surface area contributed by atoms with Gasteiger partial charge in [0.05, 0.1) is 16.1 Å². The lowest BCUT2D eigenvalue weighted by Crippen LogP contribution is -2.19. The van der Waals surface area contributed by atoms with Gasteiger partial charge < -0.3 is 15.4 Å². The van der Waals surface area contributed by atoms with E-state index in [1.54, 1.807) is 30.6 Å². The van der Waals surface area contributed by atoms with Crippen LogP contribution in [0.15, 0.2) is 67.0 Å². The normalized spacial score (nSPS) is 10.6. The highest BCUT2D eigenvalue weighted by atomic mass is 35.5. The molecule has 4 rings (SSSR count). The molecule has 0 aliphatic heterocycles. The molecular weight excluding hydrogens is 414 g/mol. The summed E-state index contributed by atoms with van der Waals surface area (Å²) in [6.45, 7) is 0. The first-order valence-corrected chi connectivity index (χ1v) is 9.06. The van der Waals surface area contributed by atoms with Crippen LogP contribution in [0.1, 0.15) is 0 Å². The molecule has 0 aliphatic rings. The zero-order valence-electron chi connectivity index (χ0n) is 15.2. The molecular formula is C21H13ClF2N4O2. The number of nitrogens with zero attached hydrogens (tertiary/aromatic N) is 2. The van der Waals surface area contributed by atoms with Gasteiger partial charge >= 0.3 is 6.03 Å². The van der Waals surface area contributed by atoms with Crippen LogP contribution in [-0.2, 0) is 0 Å². The van der Waals surface area contributed by atoms with E-state index in [1.165, 1.54) is 24.3 Å². The molecule has 9 heteroatoms. The first-order chi connectivity index (χ1) is 14.5. The minimum Gasteiger partial charge on any atom is -0.457 e. The number of hydrogen-bond acceptors (Lipinski definition) is 4. The van der Waals surface area contributed by atoms with Gasteiger partial charge in [-0.05, 0) is 36.4 Å². The summed E-state index contributed by atoms with van der Waals surface area (Å²) >= 11 is 5.61. The number of fused-ring (bicyclic) bond motifs is 1. The third kappa shape index (κ3) is 4.61. The monoisotopic (exact) mass is 426 g/mol. The topological polar surface area (TPSA) is 76.1 Å². The van der Waals surface area contributed by atoms with E-state index in [4.69, 9.17) is 16.3 Å². The largest absolute Gasteiger partial charge is 0.457 e. The average Bonchev–Trinajstić information content (AvgIpc) is 2.70. The van der Waals surface area contributed by atoms with Crippen molar-refractivity contribution in [2.75, 3.05) is 10.6 Å². The molecule has 0 spiro atoms. The lowest BCUT2D eigenvalue weighted by Gasteiger charge is -2.11. The van der Waals surface area contributed by atoms with Crippen LogP contribution < -0.4 is 15.4 Å². The van der Waals surface area contributed by atoms with E-state index in [9.17, 15) is 13.6 Å². The quantitative estimate of drug-likeness (QED) is 0.419. The first-order valence-electron chi connectivity index (χ1n) is 8.68. The van der Waals surface area contributed by atoms with Crippen molar-refractivity contribution in [1.29, 1.82) is 0 Å². The van der Waals surface area contributed by atoms with Crippen molar-refractivity contribution in [3.05, 3.63) is 83.6 Å². The van der Waals surface area contributed by atoms with Crippen LogP contribution in [0.5, 0.6) is 11.5 Å². The van der Waals surface area contributed by atoms with Crippen LogP contribution in [0.4, 0.5) is 25.0 Å². The van der Waals surface area contributed by atoms with Crippen molar-refractivity contribution < 1.29 is 18.3 Å². The minimum atomic E-state index is -0.686. The van der Waals surface area contributed by atoms with E-state index >= 15 is 0 Å². The molecule has 2 amide bonds. The molecule has 0 fully saturated rings. The predicted molar refractivity (Wildman–Crippen MR) is 110 cm³/mol. The number of carbonyl (C=O) groups excluding carboxylic acids is 1. The molecule has 30 heavy (non-hydrogen) atoms. The summed E-state index contributed by atoms with van der Waals surface area (Å²) < 4.78 is 33.2. The highest BCUT2D eigenvalue weighted by Crippen LogP contribution is 2.27. The van der Waals surface area contributed by atoms with Crippen molar-refractivity contribution >= 4 is 40.0 Å². The molecule has 6 nitrogen and oxygen atoms in total. The molecule has 0 atom stereocenters. The van der Waals surface area contributed by atoms with Gasteiger partial charge in [0.25, 0.3) is 0 Å². The summed E-state index contributed by atoms with van der Waals surface area (Å²) in [6.07, 6.45) is 3.14. The molecule has 0 radical (unpaired) electrons. The van der Waals surface area contributed by atoms with E-state index in [0.29, 0.717) is 16.8 Å². The second-order valence-electron chi connectivity index (χ2n) is 6.19. The number of benzene rings is 3. The standard InChI is InChI=1S/C21H13ClF2N4O2/c22-17-3-1-13(10-18(17)24)27-21(29)28-14-7-12(23)8-16(9-14)30-15-2-4-19-20(11-15)26-6-5-25-19/h1-11H,(H2,27,28,29). The Balaban J connectivity index is 1.49. The summed E-state index contributed by atoms with van der Waals surface area (Å²) in [5, 5.41) is 4.85. The molecule has 0 aliphatic carbocycles. The maximum absolute atomic E-state index is 14.0. The van der Waals surface area contributed by atoms with Gasteiger partial charge in [0, 0.05) is 42.0 Å². The van der Waals surface area contributed by atoms with Gasteiger partial charge in [-0.2, -0.15) is 0 Å². The molecule has 1 heterocycles. The highest BCUT2D eigenvalue weighted by Gasteiger charge is 2.09. The zero-order chi connectivity index (χ0) is 21.1. The Morgan fingerprint density at radius 3 is 2.40 bits per heavy atom. The fourth-order valence-corrected chi connectivity index (χ4v) is 2.82. The fraction of sp³-hybridized carbons (Fsp3) is 0. The van der Waals surface area contributed by atoms with Crippen LogP contribution in [0, 0.1) is 11.6 Å². The highest BCUT2D eigenvalue weighted by molar-refractivity contribution is 6.30. The van der Waals surface area contributed by atoms with Crippen molar-refractivity contribution in [3.8, 4) is 11.5 Å². The van der Waals surface area contributed by atoms with Gasteiger partial charge in [0.2, 0.25) is 0 Å². The maximum atomic E-state index is 14.0. The number of urea groups is 1. The number of halogens is 3. The third-order valence-corrected chi connectivity index (χ3v) is 4.29. The predicted octanol–water partition coefficient (Wildman–Crippen LogP) is 6.00. The Labute approximate surface area is 174 Å². The number of ether oxygens (including phenoxy) is 1. The second kappa shape index (κ2) is 8.30. The average molecular weight is 427 g/mol. The number of nitrogens with one attached hydrogen (secondary N) is 2. The summed E-state index contributed by atoms with van der Waals surface area (Å²) in [6, 6.07) is 12.0. The van der Waals surface area contributed by atoms with E-state index < -0.39 is 17.7 Å². The molecule has 150 valence electrons. The minimum absolute atomic E-state index is 0.0625. The number of amides is 2. The van der Waals surface area contributed by atoms with Crippen LogP contribution in [0.25, 0.3) is 11.0 Å². The number of hydrogen-bond donors (Lipinski definition) is 2. The van der Waals surface area contributed by atoms with Crippen molar-refractivity contribution in [3.63, 3.8) is 0 Å². The summed E-state index contributed by atoms with van der Waals surface area (Å²) in [7, 11) is 0. The zero-order valence-corrected chi connectivity index (χ0v) is 16.0. The Bertz CT molecular complexity index is 1250. The van der Waals surface area contributed by atoms with E-state index in [1.807, 2.05) is 0 Å². The van der Waals surface area contributed by atoms with Gasteiger partial charge in [-0.3, -0.25) is 9.97 Å². The molecule has 0 saturated carbocycles. The van der Waals surface area contributed by atoms with Crippen molar-refractivity contribution in [2.24, 2.45) is 0 Å². The van der Waals surface area contributed by atoms with Crippen molar-refractivity contribution in [2.45, 2.75) is 0 Å². The lowest BCUT2D eigenvalue weighted by atomic mass is 10.2. The SMILES string of the molecule is O=C(Nc1cc(F)cc(Oc2ccc3nccnc3c2)c1)Nc1ccc(Cl)c(F)c1. The van der Waals surface area contributed by atoms with Gasteiger partial charge in [0.1, 0.15) is 23.1 Å². The van der Waals surface area contributed by atoms with Crippen LogP contribution in [0.3, 0.4) is 0 Å². The maximum Gasteiger partial charge on any atom is 0.323 e. The molecule has 1 aromatic heterocycles. The summed E-state index contributed by atoms with van der Waals surface area (Å²) in [5.41, 5.74) is 1.66. The Kier molecular flexibility index (Phi) is 5.40. The number of carbonyl (C=O) groups is 1. The molecule has 2 N–H and O–H groups in total. The second-order valence-corrected chi connectivity index (χ2v) is 6.60. The number of aromatic nitrogens is 2. The van der Waals surface area contributed by atoms with E-state index in [-0.39, 0.29) is 22.1 Å². The van der Waals surface area contributed by atoms with Crippen LogP contribution in [0.2, 0.25) is 5.02 Å². The van der Waals surface area contributed by atoms with Gasteiger partial charge in [-0.1, -0.05) is 11.6 Å². The molecule has 0 bridgehead atoms. The fourth-order valence-electron chi connectivity index (χ4n) is 2.70. The van der Waals surface area contributed by atoms with Crippen molar-refractivity contribution in [1.82, 2.24) is 9.97 Å². The van der Waals surface area contributed by atoms with Gasteiger partial charge in [-0.25, -0.2) is 13.6 Å². The summed E-state index contributed by atoms with van der Waals surface area (Å²) in [4.78, 5) is 20.5. The molecule has 0 saturated heterocycles. The number of anilines is 2. The third-order valence-electron chi connectivity index (χ3n) is 3.98. The Hall–Kier alpha value is -3.78. The molecule has 0 unspecified atom stereocenters. The summed E-state index contributed by atoms with van der Waals surface area (Å²) in [5.74, 6) is -0.677. The Morgan fingerprint density at radius 2 is 1.60 bits per heavy atom. The Morgan fingerprint density at radius 1 is 0.833 bits per heavy atom. The molecule has 4 aromatic rings.